The second-order valence-electron chi connectivity index (χ2n) is 5.48. The molecule has 0 aliphatic heterocycles. The Kier molecular flexibility index (Phi) is 4.76. The second-order valence-corrected chi connectivity index (χ2v) is 10.3. The zero-order valence-corrected chi connectivity index (χ0v) is 11.7. The van der Waals surface area contributed by atoms with E-state index in [0.717, 1.165) is 0 Å². The molecular weight excluding hydrogens is 204 g/mol. The smallest absolute Gasteiger partial charge is 0.210 e. The van der Waals surface area contributed by atoms with Gasteiger partial charge in [0.1, 0.15) is 0 Å². The van der Waals surface area contributed by atoms with Crippen LogP contribution in [0.3, 0.4) is 0 Å². The lowest BCUT2D eigenvalue weighted by Crippen LogP contribution is -2.42. The summed E-state index contributed by atoms with van der Waals surface area (Å²) in [7, 11) is -1.75. The molecule has 0 saturated heterocycles. The van der Waals surface area contributed by atoms with Crippen LogP contribution in [-0.2, 0) is 9.22 Å². The summed E-state index contributed by atoms with van der Waals surface area (Å²) in [5, 5.41) is 0.173. The molecule has 0 aliphatic rings. The van der Waals surface area contributed by atoms with Crippen LogP contribution in [0.2, 0.25) is 18.1 Å². The van der Waals surface area contributed by atoms with Crippen molar-refractivity contribution in [3.05, 3.63) is 0 Å². The molecule has 0 aromatic carbocycles. The lowest BCUT2D eigenvalue weighted by molar-refractivity contribution is -0.117. The Bertz CT molecular complexity index is 268. The molecular formula is C12H22O2Si. The van der Waals surface area contributed by atoms with Crippen LogP contribution >= 0.6 is 0 Å². The highest BCUT2D eigenvalue weighted by Crippen LogP contribution is 2.36. The molecule has 0 heterocycles. The van der Waals surface area contributed by atoms with Crippen LogP contribution in [-0.4, -0.2) is 20.7 Å². The van der Waals surface area contributed by atoms with Gasteiger partial charge >= 0.3 is 0 Å². The highest BCUT2D eigenvalue weighted by Gasteiger charge is 2.37. The Hall–Kier alpha value is -0.593. The van der Waals surface area contributed by atoms with Crippen molar-refractivity contribution < 1.29 is 9.22 Å². The van der Waals surface area contributed by atoms with Gasteiger partial charge in [-0.25, -0.2) is 0 Å². The number of hydrogen-bond donors (Lipinski definition) is 0. The summed E-state index contributed by atoms with van der Waals surface area (Å²) in [5.74, 6) is 1.77. The van der Waals surface area contributed by atoms with Crippen molar-refractivity contribution in [1.82, 2.24) is 0 Å². The first-order valence-electron chi connectivity index (χ1n) is 5.26. The van der Waals surface area contributed by atoms with E-state index in [1.807, 2.05) is 6.92 Å². The van der Waals surface area contributed by atoms with E-state index in [9.17, 15) is 4.79 Å². The summed E-state index contributed by atoms with van der Waals surface area (Å²) >= 11 is 0. The third-order valence-electron chi connectivity index (χ3n) is 3.09. The molecule has 0 aliphatic carbocycles. The third-order valence-corrected chi connectivity index (χ3v) is 7.59. The van der Waals surface area contributed by atoms with E-state index in [2.05, 4.69) is 39.8 Å². The van der Waals surface area contributed by atoms with E-state index in [4.69, 9.17) is 10.8 Å². The second kappa shape index (κ2) is 4.96. The SMILES string of the molecule is C#CC(=O)[C@@H](C)CO[Si](C)(C)C(C)(C)C. The molecule has 0 aromatic heterocycles. The monoisotopic (exact) mass is 226 g/mol. The Balaban J connectivity index is 4.29. The molecule has 1 atom stereocenters. The number of carbonyl (C=O) groups is 1. The Labute approximate surface area is 94.5 Å². The Morgan fingerprint density at radius 3 is 2.27 bits per heavy atom. The maximum atomic E-state index is 11.2. The third kappa shape index (κ3) is 4.19. The van der Waals surface area contributed by atoms with E-state index in [1.165, 1.54) is 0 Å². The molecule has 15 heavy (non-hydrogen) atoms. The highest BCUT2D eigenvalue weighted by atomic mass is 28.4. The van der Waals surface area contributed by atoms with Crippen LogP contribution in [0, 0.1) is 18.3 Å². The van der Waals surface area contributed by atoms with E-state index in [-0.39, 0.29) is 16.7 Å². The molecule has 0 saturated carbocycles. The largest absolute Gasteiger partial charge is 0.416 e. The first-order chi connectivity index (χ1) is 6.62. The molecule has 86 valence electrons. The first-order valence-corrected chi connectivity index (χ1v) is 8.17. The lowest BCUT2D eigenvalue weighted by atomic mass is 10.1. The molecule has 0 amide bonds. The van der Waals surface area contributed by atoms with Crippen molar-refractivity contribution in [2.75, 3.05) is 6.61 Å². The summed E-state index contributed by atoms with van der Waals surface area (Å²) in [6.45, 7) is 13.1. The van der Waals surface area contributed by atoms with Crippen LogP contribution in [0.1, 0.15) is 27.7 Å². The van der Waals surface area contributed by atoms with Gasteiger partial charge < -0.3 is 4.43 Å². The molecule has 0 radical (unpaired) electrons. The van der Waals surface area contributed by atoms with Crippen LogP contribution in [0.15, 0.2) is 0 Å². The Morgan fingerprint density at radius 2 is 1.93 bits per heavy atom. The van der Waals surface area contributed by atoms with E-state index < -0.39 is 8.32 Å². The van der Waals surface area contributed by atoms with Crippen molar-refractivity contribution in [3.63, 3.8) is 0 Å². The van der Waals surface area contributed by atoms with Crippen molar-refractivity contribution in [2.45, 2.75) is 45.8 Å². The van der Waals surface area contributed by atoms with Gasteiger partial charge in [-0.2, -0.15) is 0 Å². The molecule has 0 aromatic rings. The fourth-order valence-electron chi connectivity index (χ4n) is 0.768. The van der Waals surface area contributed by atoms with E-state index in [1.54, 1.807) is 0 Å². The van der Waals surface area contributed by atoms with E-state index >= 15 is 0 Å². The fraction of sp³-hybridized carbons (Fsp3) is 0.750. The molecule has 0 bridgehead atoms. The predicted molar refractivity (Wildman–Crippen MR) is 66.2 cm³/mol. The summed E-state index contributed by atoms with van der Waals surface area (Å²) in [4.78, 5) is 11.2. The quantitative estimate of drug-likeness (QED) is 0.418. The van der Waals surface area contributed by atoms with Crippen molar-refractivity contribution in [2.24, 2.45) is 5.92 Å². The minimum Gasteiger partial charge on any atom is -0.416 e. The summed E-state index contributed by atoms with van der Waals surface area (Å²) in [6, 6.07) is 0. The van der Waals surface area contributed by atoms with Gasteiger partial charge in [-0.15, -0.1) is 6.42 Å². The maximum absolute atomic E-state index is 11.2. The average Bonchev–Trinajstić information content (AvgIpc) is 2.11. The lowest BCUT2D eigenvalue weighted by Gasteiger charge is -2.36. The standard InChI is InChI=1S/C12H22O2Si/c1-8-11(13)10(2)9-14-15(6,7)12(3,4)5/h1,10H,9H2,2-7H3/t10-/m0/s1. The minimum atomic E-state index is -1.75. The summed E-state index contributed by atoms with van der Waals surface area (Å²) in [5.41, 5.74) is 0. The van der Waals surface area contributed by atoms with Gasteiger partial charge in [-0.1, -0.05) is 27.7 Å². The van der Waals surface area contributed by atoms with Crippen LogP contribution in [0.4, 0.5) is 0 Å². The maximum Gasteiger partial charge on any atom is 0.210 e. The summed E-state index contributed by atoms with van der Waals surface area (Å²) in [6.07, 6.45) is 5.05. The van der Waals surface area contributed by atoms with Gasteiger partial charge in [-0.05, 0) is 24.1 Å². The van der Waals surface area contributed by atoms with Crippen LogP contribution in [0.5, 0.6) is 0 Å². The highest BCUT2D eigenvalue weighted by molar-refractivity contribution is 6.74. The fourth-order valence-corrected chi connectivity index (χ4v) is 1.87. The van der Waals surface area contributed by atoms with Gasteiger partial charge in [-0.3, -0.25) is 4.79 Å². The van der Waals surface area contributed by atoms with E-state index in [0.29, 0.717) is 6.61 Å². The number of terminal acetylenes is 1. The average molecular weight is 226 g/mol. The van der Waals surface area contributed by atoms with Gasteiger partial charge in [0.15, 0.2) is 8.32 Å². The van der Waals surface area contributed by atoms with Gasteiger partial charge in [0.05, 0.1) is 0 Å². The molecule has 0 unspecified atom stereocenters. The number of carbonyl (C=O) groups excluding carboxylic acids is 1. The molecule has 0 N–H and O–H groups in total. The molecule has 0 rings (SSSR count). The number of rotatable bonds is 4. The van der Waals surface area contributed by atoms with Crippen molar-refractivity contribution >= 4 is 14.1 Å². The van der Waals surface area contributed by atoms with Crippen LogP contribution < -0.4 is 0 Å². The van der Waals surface area contributed by atoms with Gasteiger partial charge in [0.25, 0.3) is 0 Å². The molecule has 2 nitrogen and oxygen atoms in total. The molecule has 0 spiro atoms. The topological polar surface area (TPSA) is 26.3 Å². The normalized spacial score (nSPS) is 14.5. The van der Waals surface area contributed by atoms with Gasteiger partial charge in [0, 0.05) is 12.5 Å². The summed E-state index contributed by atoms with van der Waals surface area (Å²) < 4.78 is 5.90. The Morgan fingerprint density at radius 1 is 1.47 bits per heavy atom. The zero-order valence-electron chi connectivity index (χ0n) is 10.7. The predicted octanol–water partition coefficient (Wildman–Crippen LogP) is 2.85. The molecule has 0 fully saturated rings. The zero-order chi connectivity index (χ0) is 12.3. The number of ketones is 1. The van der Waals surface area contributed by atoms with Crippen molar-refractivity contribution in [3.8, 4) is 12.3 Å². The minimum absolute atomic E-state index is 0.172. The van der Waals surface area contributed by atoms with Gasteiger partial charge in [0.2, 0.25) is 5.78 Å². The first kappa shape index (κ1) is 14.4. The van der Waals surface area contributed by atoms with Crippen molar-refractivity contribution in [1.29, 1.82) is 0 Å². The number of Topliss-reactive ketones (excluding diaryl/α,β-unsaturated/α-hetero) is 1. The van der Waals surface area contributed by atoms with Crippen LogP contribution in [0.25, 0.3) is 0 Å². The number of hydrogen-bond acceptors (Lipinski definition) is 2. The molecule has 3 heteroatoms.